The SMILES string of the molecule is CCC(N)C#Cc1ccc(-c2ccc(C#N)cc2)cc1. The standard InChI is InChI=1S/C18H16N2/c1-2-18(20)12-7-14-3-8-16(9-4-14)17-10-5-15(13-19)6-11-17/h3-6,8-11,18H,2,20H2,1H3. The summed E-state index contributed by atoms with van der Waals surface area (Å²) in [5, 5.41) is 8.78. The Hall–Kier alpha value is -2.55. The van der Waals surface area contributed by atoms with Gasteiger partial charge in [0.25, 0.3) is 0 Å². The van der Waals surface area contributed by atoms with Crippen molar-refractivity contribution in [3.05, 3.63) is 59.7 Å². The molecule has 0 radical (unpaired) electrons. The Morgan fingerprint density at radius 1 is 0.950 bits per heavy atom. The lowest BCUT2D eigenvalue weighted by molar-refractivity contribution is 0.806. The Bertz CT molecular complexity index is 665. The molecule has 2 nitrogen and oxygen atoms in total. The first-order valence-corrected chi connectivity index (χ1v) is 6.60. The third-order valence-corrected chi connectivity index (χ3v) is 3.07. The van der Waals surface area contributed by atoms with E-state index in [4.69, 9.17) is 11.0 Å². The van der Waals surface area contributed by atoms with E-state index in [-0.39, 0.29) is 6.04 Å². The van der Waals surface area contributed by atoms with Crippen molar-refractivity contribution in [2.75, 3.05) is 0 Å². The van der Waals surface area contributed by atoms with Gasteiger partial charge in [-0.2, -0.15) is 5.26 Å². The van der Waals surface area contributed by atoms with Crippen LogP contribution in [0.5, 0.6) is 0 Å². The van der Waals surface area contributed by atoms with Crippen molar-refractivity contribution in [1.29, 1.82) is 5.26 Å². The molecule has 2 aromatic rings. The molecule has 0 aliphatic heterocycles. The molecule has 0 amide bonds. The molecule has 98 valence electrons. The highest BCUT2D eigenvalue weighted by Gasteiger charge is 1.98. The molecule has 0 saturated heterocycles. The van der Waals surface area contributed by atoms with Gasteiger partial charge in [0.1, 0.15) is 0 Å². The Kier molecular flexibility index (Phi) is 4.56. The van der Waals surface area contributed by atoms with E-state index in [1.807, 2.05) is 55.5 Å². The Balaban J connectivity index is 2.18. The summed E-state index contributed by atoms with van der Waals surface area (Å²) in [5.74, 6) is 6.09. The smallest absolute Gasteiger partial charge is 0.0991 e. The number of hydrogen-bond acceptors (Lipinski definition) is 2. The highest BCUT2D eigenvalue weighted by Crippen LogP contribution is 2.20. The Morgan fingerprint density at radius 2 is 1.45 bits per heavy atom. The van der Waals surface area contributed by atoms with Crippen LogP contribution in [0, 0.1) is 23.2 Å². The molecule has 2 N–H and O–H groups in total. The summed E-state index contributed by atoms with van der Waals surface area (Å²) in [6.07, 6.45) is 0.857. The van der Waals surface area contributed by atoms with Crippen LogP contribution in [0.25, 0.3) is 11.1 Å². The number of rotatable bonds is 2. The van der Waals surface area contributed by atoms with E-state index in [1.165, 1.54) is 0 Å². The highest BCUT2D eigenvalue weighted by molar-refractivity contribution is 5.65. The number of nitrogens with zero attached hydrogens (tertiary/aromatic N) is 1. The molecule has 2 heteroatoms. The summed E-state index contributed by atoms with van der Waals surface area (Å²) in [6.45, 7) is 2.02. The van der Waals surface area contributed by atoms with Gasteiger partial charge in [-0.25, -0.2) is 0 Å². The maximum absolute atomic E-state index is 8.78. The zero-order valence-electron chi connectivity index (χ0n) is 11.4. The number of hydrogen-bond donors (Lipinski definition) is 1. The third kappa shape index (κ3) is 3.48. The second-order valence-corrected chi connectivity index (χ2v) is 4.55. The van der Waals surface area contributed by atoms with Crippen LogP contribution in [0.1, 0.15) is 24.5 Å². The number of nitrogens with two attached hydrogens (primary N) is 1. The molecule has 20 heavy (non-hydrogen) atoms. The minimum Gasteiger partial charge on any atom is -0.318 e. The van der Waals surface area contributed by atoms with Gasteiger partial charge in [-0.3, -0.25) is 0 Å². The zero-order valence-corrected chi connectivity index (χ0v) is 11.4. The van der Waals surface area contributed by atoms with Gasteiger partial charge in [0.05, 0.1) is 17.7 Å². The van der Waals surface area contributed by atoms with Crippen LogP contribution in [0.15, 0.2) is 48.5 Å². The van der Waals surface area contributed by atoms with Crippen LogP contribution in [0.2, 0.25) is 0 Å². The molecule has 0 aromatic heterocycles. The number of nitriles is 1. The van der Waals surface area contributed by atoms with Gasteiger partial charge in [0.2, 0.25) is 0 Å². The molecule has 0 aliphatic carbocycles. The summed E-state index contributed by atoms with van der Waals surface area (Å²) < 4.78 is 0. The monoisotopic (exact) mass is 260 g/mol. The van der Waals surface area contributed by atoms with Gasteiger partial charge in [-0.1, -0.05) is 43.0 Å². The lowest BCUT2D eigenvalue weighted by Crippen LogP contribution is -2.15. The normalized spacial score (nSPS) is 11.1. The van der Waals surface area contributed by atoms with Crippen LogP contribution in [-0.2, 0) is 0 Å². The fourth-order valence-electron chi connectivity index (χ4n) is 1.76. The van der Waals surface area contributed by atoms with E-state index in [0.29, 0.717) is 5.56 Å². The summed E-state index contributed by atoms with van der Waals surface area (Å²) in [6, 6.07) is 17.6. The first-order valence-electron chi connectivity index (χ1n) is 6.60. The van der Waals surface area contributed by atoms with Crippen LogP contribution in [0.3, 0.4) is 0 Å². The third-order valence-electron chi connectivity index (χ3n) is 3.07. The molecule has 0 heterocycles. The topological polar surface area (TPSA) is 49.8 Å². The average Bonchev–Trinajstić information content (AvgIpc) is 2.53. The first kappa shape index (κ1) is 13.9. The van der Waals surface area contributed by atoms with Gasteiger partial charge in [0, 0.05) is 5.56 Å². The van der Waals surface area contributed by atoms with Crippen LogP contribution in [-0.4, -0.2) is 6.04 Å². The largest absolute Gasteiger partial charge is 0.318 e. The molecule has 1 unspecified atom stereocenters. The van der Waals surface area contributed by atoms with Crippen molar-refractivity contribution in [2.24, 2.45) is 5.73 Å². The Morgan fingerprint density at radius 3 is 1.90 bits per heavy atom. The van der Waals surface area contributed by atoms with Crippen LogP contribution in [0.4, 0.5) is 0 Å². The van der Waals surface area contributed by atoms with E-state index in [9.17, 15) is 0 Å². The molecule has 0 aliphatic rings. The van der Waals surface area contributed by atoms with Gasteiger partial charge < -0.3 is 5.73 Å². The molecular formula is C18H16N2. The average molecular weight is 260 g/mol. The van der Waals surface area contributed by atoms with Crippen molar-refractivity contribution in [2.45, 2.75) is 19.4 Å². The van der Waals surface area contributed by atoms with Crippen LogP contribution < -0.4 is 5.73 Å². The van der Waals surface area contributed by atoms with Crippen molar-refractivity contribution in [3.63, 3.8) is 0 Å². The maximum atomic E-state index is 8.78. The van der Waals surface area contributed by atoms with Crippen LogP contribution >= 0.6 is 0 Å². The predicted octanol–water partition coefficient (Wildman–Crippen LogP) is 3.31. The molecule has 2 rings (SSSR count). The summed E-state index contributed by atoms with van der Waals surface area (Å²) in [4.78, 5) is 0. The van der Waals surface area contributed by atoms with Crippen molar-refractivity contribution in [1.82, 2.24) is 0 Å². The predicted molar refractivity (Wildman–Crippen MR) is 81.7 cm³/mol. The summed E-state index contributed by atoms with van der Waals surface area (Å²) in [7, 11) is 0. The molecule has 0 fully saturated rings. The second-order valence-electron chi connectivity index (χ2n) is 4.55. The number of benzene rings is 2. The quantitative estimate of drug-likeness (QED) is 0.842. The Labute approximate surface area is 119 Å². The second kappa shape index (κ2) is 6.57. The van der Waals surface area contributed by atoms with Gasteiger partial charge in [-0.15, -0.1) is 0 Å². The van der Waals surface area contributed by atoms with E-state index in [1.54, 1.807) is 0 Å². The van der Waals surface area contributed by atoms with E-state index in [0.717, 1.165) is 23.1 Å². The molecule has 2 aromatic carbocycles. The molecule has 0 bridgehead atoms. The lowest BCUT2D eigenvalue weighted by atomic mass is 10.0. The highest BCUT2D eigenvalue weighted by atomic mass is 14.6. The first-order chi connectivity index (χ1) is 9.72. The van der Waals surface area contributed by atoms with Crippen molar-refractivity contribution < 1.29 is 0 Å². The van der Waals surface area contributed by atoms with Crippen molar-refractivity contribution >= 4 is 0 Å². The minimum atomic E-state index is -0.0618. The molecule has 1 atom stereocenters. The van der Waals surface area contributed by atoms with Gasteiger partial charge >= 0.3 is 0 Å². The van der Waals surface area contributed by atoms with Gasteiger partial charge in [-0.05, 0) is 41.8 Å². The maximum Gasteiger partial charge on any atom is 0.0991 e. The summed E-state index contributed by atoms with van der Waals surface area (Å²) >= 11 is 0. The molecule has 0 spiro atoms. The van der Waals surface area contributed by atoms with E-state index < -0.39 is 0 Å². The zero-order chi connectivity index (χ0) is 14.4. The van der Waals surface area contributed by atoms with Gasteiger partial charge in [0.15, 0.2) is 0 Å². The molecular weight excluding hydrogens is 244 g/mol. The summed E-state index contributed by atoms with van der Waals surface area (Å²) in [5.41, 5.74) is 9.61. The lowest BCUT2D eigenvalue weighted by Gasteiger charge is -2.02. The minimum absolute atomic E-state index is 0.0618. The molecule has 0 saturated carbocycles. The van der Waals surface area contributed by atoms with E-state index in [2.05, 4.69) is 17.9 Å². The van der Waals surface area contributed by atoms with Crippen molar-refractivity contribution in [3.8, 4) is 29.0 Å². The fourth-order valence-corrected chi connectivity index (χ4v) is 1.76. The fraction of sp³-hybridized carbons (Fsp3) is 0.167. The van der Waals surface area contributed by atoms with E-state index >= 15 is 0 Å².